The molecule has 1 N–H and O–H groups in total. The van der Waals surface area contributed by atoms with E-state index < -0.39 is 16.1 Å². The van der Waals surface area contributed by atoms with Gasteiger partial charge in [-0.15, -0.1) is 11.3 Å². The van der Waals surface area contributed by atoms with Gasteiger partial charge in [0, 0.05) is 18.5 Å². The predicted molar refractivity (Wildman–Crippen MR) is 72.9 cm³/mol. The van der Waals surface area contributed by atoms with E-state index in [1.165, 1.54) is 22.7 Å². The van der Waals surface area contributed by atoms with Crippen molar-refractivity contribution in [3.63, 3.8) is 0 Å². The van der Waals surface area contributed by atoms with E-state index in [2.05, 4.69) is 15.9 Å². The summed E-state index contributed by atoms with van der Waals surface area (Å²) in [4.78, 5) is 1.10. The molecular weight excluding hydrogens is 326 g/mol. The molecule has 0 spiro atoms. The molecule has 0 fully saturated rings. The van der Waals surface area contributed by atoms with Gasteiger partial charge in [0.2, 0.25) is 10.0 Å². The third-order valence-corrected chi connectivity index (χ3v) is 6.06. The van der Waals surface area contributed by atoms with Crippen molar-refractivity contribution in [3.05, 3.63) is 14.7 Å². The Balaban J connectivity index is 2.91. The maximum absolute atomic E-state index is 12.2. The monoisotopic (exact) mass is 341 g/mol. The van der Waals surface area contributed by atoms with Crippen LogP contribution in [-0.2, 0) is 10.0 Å². The summed E-state index contributed by atoms with van der Waals surface area (Å²) in [6, 6.07) is 1.62. The summed E-state index contributed by atoms with van der Waals surface area (Å²) >= 11 is 4.68. The number of hydrogen-bond acceptors (Lipinski definition) is 4. The zero-order valence-electron chi connectivity index (χ0n) is 9.97. The van der Waals surface area contributed by atoms with E-state index in [-0.39, 0.29) is 0 Å². The molecule has 0 saturated carbocycles. The maximum atomic E-state index is 12.2. The Morgan fingerprint density at radius 3 is 2.59 bits per heavy atom. The van der Waals surface area contributed by atoms with Crippen molar-refractivity contribution in [2.24, 2.45) is 0 Å². The SMILES string of the molecule is Cc1sc(Br)cc1S(=O)(=O)N(C)CCC(C)O. The lowest BCUT2D eigenvalue weighted by Crippen LogP contribution is -2.29. The molecule has 0 aliphatic carbocycles. The summed E-state index contributed by atoms with van der Waals surface area (Å²) in [7, 11) is -1.91. The van der Waals surface area contributed by atoms with Gasteiger partial charge in [-0.05, 0) is 42.3 Å². The Morgan fingerprint density at radius 2 is 2.18 bits per heavy atom. The molecule has 1 heterocycles. The maximum Gasteiger partial charge on any atom is 0.243 e. The lowest BCUT2D eigenvalue weighted by molar-refractivity contribution is 0.177. The van der Waals surface area contributed by atoms with Crippen molar-refractivity contribution >= 4 is 37.3 Å². The summed E-state index contributed by atoms with van der Waals surface area (Å²) in [6.45, 7) is 3.74. The Bertz CT molecular complexity index is 482. The summed E-state index contributed by atoms with van der Waals surface area (Å²) < 4.78 is 26.5. The number of aliphatic hydroxyl groups excluding tert-OH is 1. The fourth-order valence-corrected chi connectivity index (χ4v) is 4.91. The zero-order valence-corrected chi connectivity index (χ0v) is 13.2. The van der Waals surface area contributed by atoms with Crippen LogP contribution in [0.4, 0.5) is 0 Å². The van der Waals surface area contributed by atoms with Crippen LogP contribution in [0.1, 0.15) is 18.2 Å². The Hall–Kier alpha value is 0.0500. The summed E-state index contributed by atoms with van der Waals surface area (Å²) in [5.74, 6) is 0. The predicted octanol–water partition coefficient (Wildman–Crippen LogP) is 2.21. The first-order valence-corrected chi connectivity index (χ1v) is 8.20. The first kappa shape index (κ1) is 15.1. The highest BCUT2D eigenvalue weighted by atomic mass is 79.9. The average molecular weight is 342 g/mol. The van der Waals surface area contributed by atoms with Crippen molar-refractivity contribution in [1.82, 2.24) is 4.31 Å². The van der Waals surface area contributed by atoms with Crippen molar-refractivity contribution < 1.29 is 13.5 Å². The molecule has 0 aliphatic rings. The second-order valence-electron chi connectivity index (χ2n) is 3.94. The van der Waals surface area contributed by atoms with Crippen LogP contribution < -0.4 is 0 Å². The zero-order chi connectivity index (χ0) is 13.2. The second kappa shape index (κ2) is 5.79. The van der Waals surface area contributed by atoms with Gasteiger partial charge in [0.1, 0.15) is 0 Å². The minimum absolute atomic E-state index is 0.312. The molecule has 98 valence electrons. The molecule has 0 amide bonds. The first-order valence-electron chi connectivity index (χ1n) is 5.15. The Kier molecular flexibility index (Phi) is 5.15. The van der Waals surface area contributed by atoms with E-state index in [9.17, 15) is 8.42 Å². The van der Waals surface area contributed by atoms with Crippen LogP contribution in [0.2, 0.25) is 0 Å². The second-order valence-corrected chi connectivity index (χ2v) is 8.58. The van der Waals surface area contributed by atoms with Gasteiger partial charge in [0.15, 0.2) is 0 Å². The third kappa shape index (κ3) is 3.75. The molecule has 1 atom stereocenters. The largest absolute Gasteiger partial charge is 0.393 e. The molecule has 1 aromatic heterocycles. The van der Waals surface area contributed by atoms with Gasteiger partial charge in [-0.25, -0.2) is 12.7 Å². The molecule has 4 nitrogen and oxygen atoms in total. The number of thiophene rings is 1. The highest BCUT2D eigenvalue weighted by Gasteiger charge is 2.24. The number of nitrogens with zero attached hydrogens (tertiary/aromatic N) is 1. The molecule has 0 saturated heterocycles. The Labute approximate surface area is 114 Å². The van der Waals surface area contributed by atoms with E-state index in [1.54, 1.807) is 19.9 Å². The molecule has 0 aromatic carbocycles. The minimum atomic E-state index is -3.44. The van der Waals surface area contributed by atoms with Crippen LogP contribution in [-0.4, -0.2) is 37.5 Å². The molecule has 1 unspecified atom stereocenters. The van der Waals surface area contributed by atoms with Crippen LogP contribution in [0.5, 0.6) is 0 Å². The topological polar surface area (TPSA) is 57.6 Å². The van der Waals surface area contributed by atoms with Gasteiger partial charge < -0.3 is 5.11 Å². The Morgan fingerprint density at radius 1 is 1.59 bits per heavy atom. The van der Waals surface area contributed by atoms with Crippen LogP contribution >= 0.6 is 27.3 Å². The van der Waals surface area contributed by atoms with E-state index in [4.69, 9.17) is 5.11 Å². The summed E-state index contributed by atoms with van der Waals surface area (Å²) in [5.41, 5.74) is 0. The number of halogens is 1. The molecule has 0 bridgehead atoms. The number of aliphatic hydroxyl groups is 1. The molecule has 0 aliphatic heterocycles. The lowest BCUT2D eigenvalue weighted by atomic mass is 10.3. The van der Waals surface area contributed by atoms with Crippen LogP contribution in [0, 0.1) is 6.92 Å². The van der Waals surface area contributed by atoms with Gasteiger partial charge in [0.05, 0.1) is 14.8 Å². The molecule has 1 aromatic rings. The lowest BCUT2D eigenvalue weighted by Gasteiger charge is -2.17. The van der Waals surface area contributed by atoms with Crippen LogP contribution in [0.3, 0.4) is 0 Å². The normalized spacial score (nSPS) is 14.2. The standard InChI is InChI=1S/C10H16BrNO3S2/c1-7(13)4-5-12(3)17(14,15)9-6-10(11)16-8(9)2/h6-7,13H,4-5H2,1-3H3. The fourth-order valence-electron chi connectivity index (χ4n) is 1.34. The smallest absolute Gasteiger partial charge is 0.243 e. The third-order valence-electron chi connectivity index (χ3n) is 2.39. The highest BCUT2D eigenvalue weighted by molar-refractivity contribution is 9.11. The summed E-state index contributed by atoms with van der Waals surface area (Å²) in [6.07, 6.45) is -0.0666. The molecule has 1 rings (SSSR count). The van der Waals surface area contributed by atoms with Crippen molar-refractivity contribution in [2.75, 3.05) is 13.6 Å². The van der Waals surface area contributed by atoms with E-state index in [0.717, 1.165) is 8.66 Å². The number of hydrogen-bond donors (Lipinski definition) is 1. The van der Waals surface area contributed by atoms with Crippen molar-refractivity contribution in [3.8, 4) is 0 Å². The quantitative estimate of drug-likeness (QED) is 0.893. The average Bonchev–Trinajstić information content (AvgIpc) is 2.54. The van der Waals surface area contributed by atoms with E-state index in [0.29, 0.717) is 17.9 Å². The fraction of sp³-hybridized carbons (Fsp3) is 0.600. The minimum Gasteiger partial charge on any atom is -0.393 e. The van der Waals surface area contributed by atoms with Crippen LogP contribution in [0.15, 0.2) is 14.7 Å². The molecular formula is C10H16BrNO3S2. The van der Waals surface area contributed by atoms with Gasteiger partial charge in [-0.3, -0.25) is 0 Å². The van der Waals surface area contributed by atoms with Gasteiger partial charge in [-0.1, -0.05) is 0 Å². The van der Waals surface area contributed by atoms with Crippen LogP contribution in [0.25, 0.3) is 0 Å². The number of sulfonamides is 1. The highest BCUT2D eigenvalue weighted by Crippen LogP contribution is 2.31. The van der Waals surface area contributed by atoms with E-state index >= 15 is 0 Å². The molecule has 0 radical (unpaired) electrons. The number of rotatable bonds is 5. The van der Waals surface area contributed by atoms with Gasteiger partial charge in [0.25, 0.3) is 0 Å². The van der Waals surface area contributed by atoms with Crippen molar-refractivity contribution in [2.45, 2.75) is 31.3 Å². The summed E-state index contributed by atoms with van der Waals surface area (Å²) in [5, 5.41) is 9.17. The number of aryl methyl sites for hydroxylation is 1. The van der Waals surface area contributed by atoms with E-state index in [1.807, 2.05) is 0 Å². The van der Waals surface area contributed by atoms with Crippen molar-refractivity contribution in [1.29, 1.82) is 0 Å². The van der Waals surface area contributed by atoms with Gasteiger partial charge >= 0.3 is 0 Å². The van der Waals surface area contributed by atoms with Gasteiger partial charge in [-0.2, -0.15) is 0 Å². The molecule has 17 heavy (non-hydrogen) atoms. The first-order chi connectivity index (χ1) is 7.75. The molecule has 7 heteroatoms.